The summed E-state index contributed by atoms with van der Waals surface area (Å²) in [6.45, 7) is 1.95. The van der Waals surface area contributed by atoms with Crippen LogP contribution in [0.3, 0.4) is 0 Å². The van der Waals surface area contributed by atoms with Crippen molar-refractivity contribution >= 4 is 28.9 Å². The van der Waals surface area contributed by atoms with Crippen molar-refractivity contribution in [3.05, 3.63) is 32.8 Å². The van der Waals surface area contributed by atoms with Crippen molar-refractivity contribution in [2.24, 2.45) is 0 Å². The molecular formula is C10H11ClN2O4. The summed E-state index contributed by atoms with van der Waals surface area (Å²) in [6, 6.07) is 2.61. The monoisotopic (exact) mass is 258 g/mol. The maximum Gasteiger partial charge on any atom is 0.310 e. The third-order valence-electron chi connectivity index (χ3n) is 2.07. The van der Waals surface area contributed by atoms with Gasteiger partial charge >= 0.3 is 5.97 Å². The van der Waals surface area contributed by atoms with E-state index in [0.29, 0.717) is 5.56 Å². The van der Waals surface area contributed by atoms with Gasteiger partial charge in [0.05, 0.1) is 23.0 Å². The number of nitrogens with two attached hydrogens (primary N) is 1. The number of carbonyl (C=O) groups is 1. The van der Waals surface area contributed by atoms with E-state index in [1.165, 1.54) is 12.1 Å². The molecule has 0 heterocycles. The number of esters is 1. The minimum absolute atomic E-state index is 0.0206. The molecule has 7 heteroatoms. The fourth-order valence-electron chi connectivity index (χ4n) is 1.29. The highest BCUT2D eigenvalue weighted by Gasteiger charge is 2.18. The Labute approximate surface area is 102 Å². The molecule has 1 aromatic carbocycles. The van der Waals surface area contributed by atoms with Crippen LogP contribution < -0.4 is 5.73 Å². The van der Waals surface area contributed by atoms with Gasteiger partial charge in [0.25, 0.3) is 5.69 Å². The zero-order valence-electron chi connectivity index (χ0n) is 9.10. The van der Waals surface area contributed by atoms with E-state index in [9.17, 15) is 14.9 Å². The molecule has 0 aliphatic rings. The molecule has 0 saturated carbocycles. The zero-order chi connectivity index (χ0) is 13.0. The van der Waals surface area contributed by atoms with E-state index >= 15 is 0 Å². The summed E-state index contributed by atoms with van der Waals surface area (Å²) < 4.78 is 4.75. The molecule has 0 spiro atoms. The number of nitrogen functional groups attached to an aromatic ring is 1. The highest BCUT2D eigenvalue weighted by Crippen LogP contribution is 2.32. The molecular weight excluding hydrogens is 248 g/mol. The fraction of sp³-hybridized carbons (Fsp3) is 0.300. The first-order valence-corrected chi connectivity index (χ1v) is 5.22. The number of benzene rings is 1. The highest BCUT2D eigenvalue weighted by atomic mass is 35.5. The minimum atomic E-state index is -0.630. The third kappa shape index (κ3) is 3.07. The van der Waals surface area contributed by atoms with Gasteiger partial charge in [-0.3, -0.25) is 14.9 Å². The van der Waals surface area contributed by atoms with Gasteiger partial charge in [0.1, 0.15) is 5.69 Å². The second-order valence-corrected chi connectivity index (χ2v) is 3.59. The second-order valence-electron chi connectivity index (χ2n) is 3.21. The van der Waals surface area contributed by atoms with Crippen molar-refractivity contribution in [1.82, 2.24) is 0 Å². The molecule has 1 rings (SSSR count). The van der Waals surface area contributed by atoms with E-state index in [1.54, 1.807) is 6.92 Å². The maximum atomic E-state index is 11.2. The van der Waals surface area contributed by atoms with Crippen LogP contribution in [-0.2, 0) is 16.0 Å². The topological polar surface area (TPSA) is 95.5 Å². The van der Waals surface area contributed by atoms with Crippen LogP contribution in [0.4, 0.5) is 11.4 Å². The van der Waals surface area contributed by atoms with Gasteiger partial charge in [-0.25, -0.2) is 0 Å². The average Bonchev–Trinajstić information content (AvgIpc) is 2.25. The average molecular weight is 259 g/mol. The van der Waals surface area contributed by atoms with Gasteiger partial charge in [0.15, 0.2) is 0 Å². The number of ether oxygens (including phenoxy) is 1. The molecule has 0 saturated heterocycles. The van der Waals surface area contributed by atoms with Gasteiger partial charge in [-0.2, -0.15) is 0 Å². The number of hydrogen-bond acceptors (Lipinski definition) is 5. The summed E-state index contributed by atoms with van der Waals surface area (Å²) in [5.41, 5.74) is 5.50. The van der Waals surface area contributed by atoms with Crippen LogP contribution in [0.25, 0.3) is 0 Å². The Balaban J connectivity index is 3.00. The lowest BCUT2D eigenvalue weighted by Gasteiger charge is -2.06. The first kappa shape index (κ1) is 13.2. The maximum absolute atomic E-state index is 11.2. The lowest BCUT2D eigenvalue weighted by molar-refractivity contribution is -0.383. The van der Waals surface area contributed by atoms with Gasteiger partial charge in [-0.15, -0.1) is 0 Å². The summed E-state index contributed by atoms with van der Waals surface area (Å²) in [7, 11) is 0. The molecule has 0 amide bonds. The Morgan fingerprint density at radius 1 is 1.59 bits per heavy atom. The number of nitrogens with zero attached hydrogens (tertiary/aromatic N) is 1. The molecule has 0 radical (unpaired) electrons. The minimum Gasteiger partial charge on any atom is -0.466 e. The summed E-state index contributed by atoms with van der Waals surface area (Å²) >= 11 is 5.85. The summed E-state index contributed by atoms with van der Waals surface area (Å²) in [6.07, 6.45) is -0.0606. The van der Waals surface area contributed by atoms with Crippen LogP contribution in [0.5, 0.6) is 0 Å². The predicted molar refractivity (Wildman–Crippen MR) is 62.9 cm³/mol. The van der Waals surface area contributed by atoms with Gasteiger partial charge in [-0.1, -0.05) is 11.6 Å². The Hall–Kier alpha value is -1.82. The largest absolute Gasteiger partial charge is 0.466 e. The van der Waals surface area contributed by atoms with Gasteiger partial charge in [0, 0.05) is 6.07 Å². The van der Waals surface area contributed by atoms with Crippen LogP contribution in [0.2, 0.25) is 5.02 Å². The molecule has 1 aromatic rings. The fourth-order valence-corrected chi connectivity index (χ4v) is 1.52. The van der Waals surface area contributed by atoms with E-state index in [0.717, 1.165) is 0 Å². The first-order valence-electron chi connectivity index (χ1n) is 4.84. The van der Waals surface area contributed by atoms with Crippen LogP contribution in [0.15, 0.2) is 12.1 Å². The predicted octanol–water partition coefficient (Wildman–Crippen LogP) is 1.94. The molecule has 0 aliphatic carbocycles. The van der Waals surface area contributed by atoms with Crippen molar-refractivity contribution in [2.45, 2.75) is 13.3 Å². The lowest BCUT2D eigenvalue weighted by atomic mass is 10.1. The van der Waals surface area contributed by atoms with Gasteiger partial charge in [0.2, 0.25) is 0 Å². The second kappa shape index (κ2) is 5.49. The molecule has 0 bridgehead atoms. The van der Waals surface area contributed by atoms with E-state index in [4.69, 9.17) is 22.1 Å². The summed E-state index contributed by atoms with van der Waals surface area (Å²) in [5, 5.41) is 10.6. The molecule has 0 aliphatic heterocycles. The Kier molecular flexibility index (Phi) is 4.28. The normalized spacial score (nSPS) is 10.0. The quantitative estimate of drug-likeness (QED) is 0.385. The Morgan fingerprint density at radius 3 is 2.76 bits per heavy atom. The van der Waals surface area contributed by atoms with Crippen molar-refractivity contribution in [1.29, 1.82) is 0 Å². The number of anilines is 1. The van der Waals surface area contributed by atoms with Crippen LogP contribution in [-0.4, -0.2) is 17.5 Å². The standard InChI is InChI=1S/C10H11ClN2O4/c1-2-17-8(14)5-6-3-4-7(13(15)16)10(12)9(6)11/h3-4H,2,5,12H2,1H3. The molecule has 17 heavy (non-hydrogen) atoms. The van der Waals surface area contributed by atoms with E-state index in [1.807, 2.05) is 0 Å². The van der Waals surface area contributed by atoms with Gasteiger partial charge in [-0.05, 0) is 18.6 Å². The van der Waals surface area contributed by atoms with Crippen LogP contribution in [0.1, 0.15) is 12.5 Å². The molecule has 92 valence electrons. The summed E-state index contributed by atoms with van der Waals surface area (Å²) in [4.78, 5) is 21.2. The number of hydrogen-bond donors (Lipinski definition) is 1. The SMILES string of the molecule is CCOC(=O)Cc1ccc([N+](=O)[O-])c(N)c1Cl. The molecule has 0 aromatic heterocycles. The number of rotatable bonds is 4. The van der Waals surface area contributed by atoms with Gasteiger partial charge < -0.3 is 10.5 Å². The molecule has 2 N–H and O–H groups in total. The van der Waals surface area contributed by atoms with Crippen LogP contribution in [0, 0.1) is 10.1 Å². The van der Waals surface area contributed by atoms with E-state index in [-0.39, 0.29) is 29.4 Å². The van der Waals surface area contributed by atoms with Crippen molar-refractivity contribution in [3.8, 4) is 0 Å². The van der Waals surface area contributed by atoms with Crippen molar-refractivity contribution < 1.29 is 14.5 Å². The lowest BCUT2D eigenvalue weighted by Crippen LogP contribution is -2.09. The smallest absolute Gasteiger partial charge is 0.310 e. The molecule has 0 atom stereocenters. The zero-order valence-corrected chi connectivity index (χ0v) is 9.86. The summed E-state index contributed by atoms with van der Waals surface area (Å²) in [5.74, 6) is -0.456. The number of halogens is 1. The number of carbonyl (C=O) groups excluding carboxylic acids is 1. The number of nitro groups is 1. The van der Waals surface area contributed by atoms with E-state index in [2.05, 4.69) is 0 Å². The third-order valence-corrected chi connectivity index (χ3v) is 2.52. The Bertz CT molecular complexity index is 462. The number of nitro benzene ring substituents is 1. The highest BCUT2D eigenvalue weighted by molar-refractivity contribution is 6.34. The van der Waals surface area contributed by atoms with Crippen LogP contribution >= 0.6 is 11.6 Å². The van der Waals surface area contributed by atoms with Crippen molar-refractivity contribution in [2.75, 3.05) is 12.3 Å². The molecule has 6 nitrogen and oxygen atoms in total. The Morgan fingerprint density at radius 2 is 2.24 bits per heavy atom. The van der Waals surface area contributed by atoms with Crippen molar-refractivity contribution in [3.63, 3.8) is 0 Å². The molecule has 0 unspecified atom stereocenters. The van der Waals surface area contributed by atoms with E-state index < -0.39 is 10.9 Å². The molecule has 0 fully saturated rings. The first-order chi connectivity index (χ1) is 7.97.